The van der Waals surface area contributed by atoms with Crippen molar-refractivity contribution in [1.82, 2.24) is 15.4 Å². The van der Waals surface area contributed by atoms with E-state index in [1.54, 1.807) is 7.11 Å². The molecule has 0 saturated carbocycles. The molecule has 2 aliphatic rings. The van der Waals surface area contributed by atoms with Gasteiger partial charge in [0.15, 0.2) is 5.82 Å². The van der Waals surface area contributed by atoms with E-state index in [-0.39, 0.29) is 6.04 Å². The lowest BCUT2D eigenvalue weighted by molar-refractivity contribution is 0.414. The molecule has 3 aromatic rings. The molecule has 0 amide bonds. The minimum Gasteiger partial charge on any atom is -0.497 e. The molecule has 1 atom stereocenters. The van der Waals surface area contributed by atoms with Crippen molar-refractivity contribution >= 4 is 29.2 Å². The SMILES string of the molecule is COc1ccc(CN2CCC3NNc4nc(NCc5ccccc5Cl)nc2c43)cc1. The lowest BCUT2D eigenvalue weighted by Gasteiger charge is -2.32. The molecule has 0 saturated heterocycles. The summed E-state index contributed by atoms with van der Waals surface area (Å²) in [5.74, 6) is 3.25. The molecule has 8 heteroatoms. The molecule has 0 aliphatic carbocycles. The number of hydrazine groups is 1. The molecule has 30 heavy (non-hydrogen) atoms. The molecule has 154 valence electrons. The Bertz CT molecular complexity index is 1060. The van der Waals surface area contributed by atoms with Gasteiger partial charge in [-0.25, -0.2) is 5.43 Å². The van der Waals surface area contributed by atoms with E-state index in [2.05, 4.69) is 38.2 Å². The average molecular weight is 423 g/mol. The average Bonchev–Trinajstić information content (AvgIpc) is 3.19. The Morgan fingerprint density at radius 3 is 2.80 bits per heavy atom. The lowest BCUT2D eigenvalue weighted by Crippen LogP contribution is -2.34. The first-order valence-electron chi connectivity index (χ1n) is 10.00. The number of rotatable bonds is 6. The quantitative estimate of drug-likeness (QED) is 0.551. The van der Waals surface area contributed by atoms with Crippen LogP contribution < -0.4 is 25.8 Å². The van der Waals surface area contributed by atoms with Crippen molar-refractivity contribution in [2.75, 3.05) is 29.3 Å². The highest BCUT2D eigenvalue weighted by Crippen LogP contribution is 2.41. The number of hydrogen-bond acceptors (Lipinski definition) is 7. The van der Waals surface area contributed by atoms with Crippen molar-refractivity contribution in [2.45, 2.75) is 25.6 Å². The van der Waals surface area contributed by atoms with Crippen molar-refractivity contribution in [3.8, 4) is 5.75 Å². The second-order valence-electron chi connectivity index (χ2n) is 7.46. The molecule has 0 radical (unpaired) electrons. The fourth-order valence-electron chi connectivity index (χ4n) is 3.95. The highest BCUT2D eigenvalue weighted by atomic mass is 35.5. The zero-order chi connectivity index (χ0) is 20.5. The van der Waals surface area contributed by atoms with E-state index >= 15 is 0 Å². The third-order valence-electron chi connectivity index (χ3n) is 5.55. The van der Waals surface area contributed by atoms with Crippen molar-refractivity contribution < 1.29 is 4.74 Å². The van der Waals surface area contributed by atoms with Gasteiger partial charge < -0.3 is 20.4 Å². The van der Waals surface area contributed by atoms with Crippen LogP contribution in [0.3, 0.4) is 0 Å². The normalized spacial score (nSPS) is 16.7. The van der Waals surface area contributed by atoms with Crippen LogP contribution in [0.5, 0.6) is 5.75 Å². The zero-order valence-electron chi connectivity index (χ0n) is 16.7. The summed E-state index contributed by atoms with van der Waals surface area (Å²) in [5.41, 5.74) is 9.91. The van der Waals surface area contributed by atoms with Crippen molar-refractivity contribution in [3.63, 3.8) is 0 Å². The Labute approximate surface area is 180 Å². The summed E-state index contributed by atoms with van der Waals surface area (Å²) in [6.45, 7) is 2.26. The summed E-state index contributed by atoms with van der Waals surface area (Å²) in [7, 11) is 1.68. The first-order valence-corrected chi connectivity index (χ1v) is 10.4. The van der Waals surface area contributed by atoms with Gasteiger partial charge in [-0.3, -0.25) is 0 Å². The third-order valence-corrected chi connectivity index (χ3v) is 5.92. The zero-order valence-corrected chi connectivity index (χ0v) is 17.4. The maximum Gasteiger partial charge on any atom is 0.226 e. The van der Waals surface area contributed by atoms with E-state index < -0.39 is 0 Å². The van der Waals surface area contributed by atoms with Crippen LogP contribution in [0, 0.1) is 0 Å². The van der Waals surface area contributed by atoms with Crippen molar-refractivity contribution in [3.05, 3.63) is 70.2 Å². The highest BCUT2D eigenvalue weighted by Gasteiger charge is 2.34. The van der Waals surface area contributed by atoms with E-state index in [1.165, 1.54) is 5.56 Å². The van der Waals surface area contributed by atoms with Gasteiger partial charge in [-0.1, -0.05) is 41.9 Å². The number of halogens is 1. The van der Waals surface area contributed by atoms with Gasteiger partial charge in [0.05, 0.1) is 18.7 Å². The molecular weight excluding hydrogens is 400 g/mol. The van der Waals surface area contributed by atoms with Crippen LogP contribution in [0.4, 0.5) is 17.6 Å². The first-order chi connectivity index (χ1) is 14.7. The summed E-state index contributed by atoms with van der Waals surface area (Å²) >= 11 is 6.29. The number of methoxy groups -OCH3 is 1. The largest absolute Gasteiger partial charge is 0.497 e. The second kappa shape index (κ2) is 8.01. The van der Waals surface area contributed by atoms with Gasteiger partial charge in [-0.15, -0.1) is 0 Å². The van der Waals surface area contributed by atoms with Crippen molar-refractivity contribution in [1.29, 1.82) is 0 Å². The molecule has 2 aliphatic heterocycles. The molecule has 2 aromatic carbocycles. The molecule has 1 aromatic heterocycles. The molecule has 3 N–H and O–H groups in total. The number of aromatic nitrogens is 2. The minimum absolute atomic E-state index is 0.236. The maximum absolute atomic E-state index is 6.29. The number of ether oxygens (including phenoxy) is 1. The molecule has 1 unspecified atom stereocenters. The third kappa shape index (κ3) is 3.62. The number of hydrogen-bond donors (Lipinski definition) is 3. The Hall–Kier alpha value is -3.03. The van der Waals surface area contributed by atoms with Gasteiger partial charge in [0, 0.05) is 24.7 Å². The monoisotopic (exact) mass is 422 g/mol. The van der Waals surface area contributed by atoms with Crippen molar-refractivity contribution in [2.24, 2.45) is 0 Å². The molecule has 0 fully saturated rings. The fraction of sp³-hybridized carbons (Fsp3) is 0.273. The van der Waals surface area contributed by atoms with Crippen LogP contribution in [0.15, 0.2) is 48.5 Å². The fourth-order valence-corrected chi connectivity index (χ4v) is 4.15. The van der Waals surface area contributed by atoms with Crippen LogP contribution in [0.2, 0.25) is 5.02 Å². The summed E-state index contributed by atoms with van der Waals surface area (Å²) < 4.78 is 5.27. The summed E-state index contributed by atoms with van der Waals surface area (Å²) in [6, 6.07) is 16.2. The molecule has 5 rings (SSSR count). The van der Waals surface area contributed by atoms with Crippen LogP contribution in [0.1, 0.15) is 29.2 Å². The van der Waals surface area contributed by atoms with E-state index in [0.717, 1.165) is 53.0 Å². The Morgan fingerprint density at radius 1 is 1.17 bits per heavy atom. The van der Waals surface area contributed by atoms with Gasteiger partial charge in [0.25, 0.3) is 0 Å². The number of benzene rings is 2. The van der Waals surface area contributed by atoms with Gasteiger partial charge >= 0.3 is 0 Å². The van der Waals surface area contributed by atoms with Gasteiger partial charge in [0.1, 0.15) is 11.6 Å². The Kier molecular flexibility index (Phi) is 5.06. The molecular formula is C22H23ClN6O. The van der Waals surface area contributed by atoms with Crippen LogP contribution in [-0.2, 0) is 13.1 Å². The minimum atomic E-state index is 0.236. The predicted octanol–water partition coefficient (Wildman–Crippen LogP) is 4.13. The van der Waals surface area contributed by atoms with E-state index in [1.807, 2.05) is 36.4 Å². The van der Waals surface area contributed by atoms with Crippen LogP contribution in [-0.4, -0.2) is 23.6 Å². The Morgan fingerprint density at radius 2 is 2.00 bits per heavy atom. The number of nitrogens with one attached hydrogen (secondary N) is 3. The van der Waals surface area contributed by atoms with E-state index in [4.69, 9.17) is 21.3 Å². The molecule has 7 nitrogen and oxygen atoms in total. The van der Waals surface area contributed by atoms with E-state index in [9.17, 15) is 0 Å². The molecule has 0 bridgehead atoms. The topological polar surface area (TPSA) is 74.3 Å². The predicted molar refractivity (Wildman–Crippen MR) is 119 cm³/mol. The lowest BCUT2D eigenvalue weighted by atomic mass is 10.0. The molecule has 3 heterocycles. The number of anilines is 3. The maximum atomic E-state index is 6.29. The highest BCUT2D eigenvalue weighted by molar-refractivity contribution is 6.31. The summed E-state index contributed by atoms with van der Waals surface area (Å²) in [6.07, 6.45) is 0.999. The first kappa shape index (κ1) is 19.0. The van der Waals surface area contributed by atoms with Gasteiger partial charge in [0.2, 0.25) is 5.95 Å². The van der Waals surface area contributed by atoms with Gasteiger partial charge in [-0.05, 0) is 35.7 Å². The van der Waals surface area contributed by atoms with Gasteiger partial charge in [-0.2, -0.15) is 9.97 Å². The second-order valence-corrected chi connectivity index (χ2v) is 7.87. The Balaban J connectivity index is 1.41. The van der Waals surface area contributed by atoms with Crippen LogP contribution >= 0.6 is 11.6 Å². The smallest absolute Gasteiger partial charge is 0.226 e. The standard InChI is InChI=1S/C22H23ClN6O/c1-30-16-8-6-14(7-9-16)13-29-11-10-18-19-20(28-27-18)25-22(26-21(19)29)24-12-15-4-2-3-5-17(15)23/h2-9,18,27H,10-13H2,1H3,(H2,24,25,26,28). The summed E-state index contributed by atoms with van der Waals surface area (Å²) in [5, 5.41) is 4.06. The molecule has 0 spiro atoms. The number of nitrogens with zero attached hydrogens (tertiary/aromatic N) is 3. The summed E-state index contributed by atoms with van der Waals surface area (Å²) in [4.78, 5) is 11.9. The van der Waals surface area contributed by atoms with E-state index in [0.29, 0.717) is 12.5 Å². The van der Waals surface area contributed by atoms with Crippen LogP contribution in [0.25, 0.3) is 0 Å².